The van der Waals surface area contributed by atoms with Crippen molar-refractivity contribution >= 4 is 12.0 Å². The molecular weight excluding hydrogens is 312 g/mol. The van der Waals surface area contributed by atoms with Crippen LogP contribution >= 0.6 is 0 Å². The summed E-state index contributed by atoms with van der Waals surface area (Å²) in [5.41, 5.74) is 3.29. The Hall–Kier alpha value is -3.14. The summed E-state index contributed by atoms with van der Waals surface area (Å²) in [6, 6.07) is 15.7. The maximum atomic E-state index is 12.0. The lowest BCUT2D eigenvalue weighted by molar-refractivity contribution is -0.117. The molecule has 1 aromatic carbocycles. The van der Waals surface area contributed by atoms with E-state index in [1.165, 1.54) is 6.08 Å². The first-order valence-corrected chi connectivity index (χ1v) is 8.17. The van der Waals surface area contributed by atoms with Gasteiger partial charge in [-0.2, -0.15) is 0 Å². The lowest BCUT2D eigenvalue weighted by Gasteiger charge is -2.13. The third-order valence-corrected chi connectivity index (χ3v) is 3.94. The lowest BCUT2D eigenvalue weighted by Crippen LogP contribution is -2.24. The van der Waals surface area contributed by atoms with Crippen molar-refractivity contribution < 1.29 is 9.21 Å². The number of hydrogen-bond donors (Lipinski definition) is 1. The Morgan fingerprint density at radius 1 is 1.04 bits per heavy atom. The Bertz CT molecular complexity index is 864. The van der Waals surface area contributed by atoms with Crippen LogP contribution in [0.1, 0.15) is 30.0 Å². The molecule has 1 atom stereocenters. The number of nitrogens with one attached hydrogen (secondary N) is 1. The average Bonchev–Trinajstić information content (AvgIpc) is 3.06. The van der Waals surface area contributed by atoms with E-state index in [-0.39, 0.29) is 11.9 Å². The number of rotatable bonds is 5. The van der Waals surface area contributed by atoms with Gasteiger partial charge in [0.15, 0.2) is 0 Å². The van der Waals surface area contributed by atoms with Crippen LogP contribution in [0, 0.1) is 6.92 Å². The van der Waals surface area contributed by atoms with E-state index >= 15 is 0 Å². The molecule has 2 heterocycles. The first-order valence-electron chi connectivity index (χ1n) is 8.17. The molecule has 3 aromatic rings. The second-order valence-electron chi connectivity index (χ2n) is 5.87. The molecule has 4 heteroatoms. The Kier molecular flexibility index (Phi) is 5.09. The van der Waals surface area contributed by atoms with Crippen LogP contribution in [0.25, 0.3) is 17.2 Å². The fourth-order valence-corrected chi connectivity index (χ4v) is 2.55. The number of hydrogen-bond acceptors (Lipinski definition) is 3. The number of pyridine rings is 1. The van der Waals surface area contributed by atoms with E-state index in [9.17, 15) is 4.79 Å². The fourth-order valence-electron chi connectivity index (χ4n) is 2.55. The van der Waals surface area contributed by atoms with Crippen LogP contribution in [0.15, 0.2) is 71.4 Å². The van der Waals surface area contributed by atoms with Crippen molar-refractivity contribution in [1.29, 1.82) is 0 Å². The number of carbonyl (C=O) groups is 1. The first-order chi connectivity index (χ1) is 12.1. The molecule has 0 saturated heterocycles. The summed E-state index contributed by atoms with van der Waals surface area (Å²) in [6.45, 7) is 3.83. The van der Waals surface area contributed by atoms with E-state index in [4.69, 9.17) is 4.42 Å². The molecular formula is C21H20N2O2. The van der Waals surface area contributed by atoms with Crippen molar-refractivity contribution in [2.24, 2.45) is 0 Å². The van der Waals surface area contributed by atoms with E-state index < -0.39 is 0 Å². The van der Waals surface area contributed by atoms with Gasteiger partial charge in [-0.15, -0.1) is 0 Å². The SMILES string of the molecule is Cc1ccc(/C=C/C(=O)NC(C)c2ccc(-c3ccncc3)cc2)o1. The van der Waals surface area contributed by atoms with Crippen molar-refractivity contribution in [3.8, 4) is 11.1 Å². The zero-order chi connectivity index (χ0) is 17.6. The Morgan fingerprint density at radius 2 is 1.72 bits per heavy atom. The van der Waals surface area contributed by atoms with Crippen LogP contribution in [0.2, 0.25) is 0 Å². The predicted octanol–water partition coefficient (Wildman–Crippen LogP) is 4.54. The topological polar surface area (TPSA) is 55.1 Å². The van der Waals surface area contributed by atoms with Crippen LogP contribution in [0.4, 0.5) is 0 Å². The van der Waals surface area contributed by atoms with Gasteiger partial charge in [0.2, 0.25) is 5.91 Å². The van der Waals surface area contributed by atoms with Gasteiger partial charge in [-0.1, -0.05) is 24.3 Å². The van der Waals surface area contributed by atoms with Gasteiger partial charge >= 0.3 is 0 Å². The van der Waals surface area contributed by atoms with Gasteiger partial charge in [0, 0.05) is 18.5 Å². The van der Waals surface area contributed by atoms with E-state index in [0.717, 1.165) is 22.5 Å². The second-order valence-corrected chi connectivity index (χ2v) is 5.87. The summed E-state index contributed by atoms with van der Waals surface area (Å²) in [4.78, 5) is 16.1. The molecule has 0 fully saturated rings. The van der Waals surface area contributed by atoms with Gasteiger partial charge in [-0.05, 0) is 60.9 Å². The largest absolute Gasteiger partial charge is 0.462 e. The summed E-state index contributed by atoms with van der Waals surface area (Å²) in [7, 11) is 0. The molecule has 0 aliphatic heterocycles. The molecule has 0 spiro atoms. The molecule has 3 rings (SSSR count). The third kappa shape index (κ3) is 4.44. The minimum Gasteiger partial charge on any atom is -0.462 e. The number of amides is 1. The van der Waals surface area contributed by atoms with Crippen molar-refractivity contribution in [2.75, 3.05) is 0 Å². The highest BCUT2D eigenvalue weighted by molar-refractivity contribution is 5.91. The van der Waals surface area contributed by atoms with Crippen molar-refractivity contribution in [3.05, 3.63) is 84.1 Å². The van der Waals surface area contributed by atoms with Crippen LogP contribution < -0.4 is 5.32 Å². The van der Waals surface area contributed by atoms with Crippen LogP contribution in [0.3, 0.4) is 0 Å². The van der Waals surface area contributed by atoms with Gasteiger partial charge in [-0.3, -0.25) is 9.78 Å². The Balaban J connectivity index is 1.62. The molecule has 0 bridgehead atoms. The molecule has 0 radical (unpaired) electrons. The summed E-state index contributed by atoms with van der Waals surface area (Å²) in [5.74, 6) is 1.34. The minimum atomic E-state index is -0.153. The summed E-state index contributed by atoms with van der Waals surface area (Å²) in [5, 5.41) is 2.96. The highest BCUT2D eigenvalue weighted by atomic mass is 16.3. The van der Waals surface area contributed by atoms with Crippen molar-refractivity contribution in [1.82, 2.24) is 10.3 Å². The minimum absolute atomic E-state index is 0.0815. The monoisotopic (exact) mass is 332 g/mol. The zero-order valence-electron chi connectivity index (χ0n) is 14.3. The maximum Gasteiger partial charge on any atom is 0.244 e. The fraction of sp³-hybridized carbons (Fsp3) is 0.143. The molecule has 0 aliphatic carbocycles. The summed E-state index contributed by atoms with van der Waals surface area (Å²) < 4.78 is 5.41. The highest BCUT2D eigenvalue weighted by Crippen LogP contribution is 2.21. The maximum absolute atomic E-state index is 12.0. The number of aromatic nitrogens is 1. The van der Waals surface area contributed by atoms with Gasteiger partial charge in [0.1, 0.15) is 11.5 Å². The smallest absolute Gasteiger partial charge is 0.244 e. The lowest BCUT2D eigenvalue weighted by atomic mass is 10.0. The number of nitrogens with zero attached hydrogens (tertiary/aromatic N) is 1. The Labute approximate surface area is 147 Å². The zero-order valence-corrected chi connectivity index (χ0v) is 14.3. The molecule has 126 valence electrons. The normalized spacial score (nSPS) is 12.2. The number of aryl methyl sites for hydroxylation is 1. The van der Waals surface area contributed by atoms with Gasteiger partial charge in [-0.25, -0.2) is 0 Å². The number of furan rings is 1. The van der Waals surface area contributed by atoms with Crippen molar-refractivity contribution in [3.63, 3.8) is 0 Å². The second kappa shape index (κ2) is 7.62. The van der Waals surface area contributed by atoms with E-state index in [0.29, 0.717) is 5.76 Å². The van der Waals surface area contributed by atoms with Gasteiger partial charge in [0.05, 0.1) is 6.04 Å². The van der Waals surface area contributed by atoms with E-state index in [1.54, 1.807) is 18.5 Å². The van der Waals surface area contributed by atoms with Crippen LogP contribution in [0.5, 0.6) is 0 Å². The number of carbonyl (C=O) groups excluding carboxylic acids is 1. The molecule has 4 nitrogen and oxygen atoms in total. The average molecular weight is 332 g/mol. The highest BCUT2D eigenvalue weighted by Gasteiger charge is 2.08. The predicted molar refractivity (Wildman–Crippen MR) is 98.7 cm³/mol. The van der Waals surface area contributed by atoms with Gasteiger partial charge < -0.3 is 9.73 Å². The van der Waals surface area contributed by atoms with Crippen molar-refractivity contribution in [2.45, 2.75) is 19.9 Å². The molecule has 25 heavy (non-hydrogen) atoms. The van der Waals surface area contributed by atoms with E-state index in [1.807, 2.05) is 50.2 Å². The summed E-state index contributed by atoms with van der Waals surface area (Å²) in [6.07, 6.45) is 6.71. The molecule has 1 amide bonds. The van der Waals surface area contributed by atoms with Crippen LogP contribution in [-0.4, -0.2) is 10.9 Å². The van der Waals surface area contributed by atoms with E-state index in [2.05, 4.69) is 22.4 Å². The summed E-state index contributed by atoms with van der Waals surface area (Å²) >= 11 is 0. The molecule has 2 aromatic heterocycles. The molecule has 0 aliphatic rings. The quantitative estimate of drug-likeness (QED) is 0.698. The number of benzene rings is 1. The molecule has 1 unspecified atom stereocenters. The Morgan fingerprint density at radius 3 is 2.36 bits per heavy atom. The third-order valence-electron chi connectivity index (χ3n) is 3.94. The molecule has 0 saturated carbocycles. The first kappa shape index (κ1) is 16.7. The van der Waals surface area contributed by atoms with Gasteiger partial charge in [0.25, 0.3) is 0 Å². The van der Waals surface area contributed by atoms with Crippen LogP contribution in [-0.2, 0) is 4.79 Å². The molecule has 1 N–H and O–H groups in total. The standard InChI is InChI=1S/C21H20N2O2/c1-15-3-8-20(25-15)9-10-21(24)23-16(2)17-4-6-18(7-5-17)19-11-13-22-14-12-19/h3-14,16H,1-2H3,(H,23,24)/b10-9+.